The minimum atomic E-state index is -0.125. The van der Waals surface area contributed by atoms with Crippen molar-refractivity contribution in [3.05, 3.63) is 96.3 Å². The Balaban J connectivity index is 0.000000327. The van der Waals surface area contributed by atoms with Crippen molar-refractivity contribution < 1.29 is 30.0 Å². The molecule has 29 heavy (non-hydrogen) atoms. The van der Waals surface area contributed by atoms with Gasteiger partial charge in [0, 0.05) is 26.2 Å². The molecule has 0 unspecified atom stereocenters. The van der Waals surface area contributed by atoms with E-state index in [0.717, 1.165) is 16.5 Å². The van der Waals surface area contributed by atoms with Gasteiger partial charge in [0.05, 0.1) is 5.76 Å². The minimum absolute atomic E-state index is 0. The second kappa shape index (κ2) is 10.2. The smallest absolute Gasteiger partial charge is 0.155 e. The van der Waals surface area contributed by atoms with Crippen LogP contribution in [0.15, 0.2) is 78.6 Å². The van der Waals surface area contributed by atoms with Crippen molar-refractivity contribution in [3.8, 4) is 11.1 Å². The monoisotopic (exact) mass is 559 g/mol. The van der Waals surface area contributed by atoms with E-state index in [4.69, 9.17) is 5.11 Å². The first-order valence-corrected chi connectivity index (χ1v) is 9.15. The number of fused-ring (bicyclic) bond motifs is 2. The molecule has 4 aromatic carbocycles. The minimum Gasteiger partial charge on any atom is -0.512 e. The third-order valence-electron chi connectivity index (χ3n) is 4.38. The molecule has 0 aliphatic heterocycles. The molecule has 1 radical (unpaired) electrons. The molecule has 0 bridgehead atoms. The van der Waals surface area contributed by atoms with Gasteiger partial charge in [-0.25, -0.2) is 5.56 Å². The summed E-state index contributed by atoms with van der Waals surface area (Å²) in [7, 11) is 0. The second-order valence-electron chi connectivity index (χ2n) is 6.75. The Labute approximate surface area is 185 Å². The Morgan fingerprint density at radius 3 is 2.28 bits per heavy atom. The van der Waals surface area contributed by atoms with Crippen LogP contribution in [0.5, 0.6) is 0 Å². The van der Waals surface area contributed by atoms with Gasteiger partial charge in [-0.2, -0.15) is 29.8 Å². The van der Waals surface area contributed by atoms with Crippen LogP contribution in [0.25, 0.3) is 32.7 Å². The van der Waals surface area contributed by atoms with E-state index in [-0.39, 0.29) is 31.6 Å². The molecular formula is C26H22IrO2-2. The summed E-state index contributed by atoms with van der Waals surface area (Å²) in [6.45, 7) is 5.01. The normalized spacial score (nSPS) is 10.8. The van der Waals surface area contributed by atoms with Gasteiger partial charge in [-0.05, 0) is 13.8 Å². The van der Waals surface area contributed by atoms with Crippen LogP contribution < -0.4 is 0 Å². The first-order valence-electron chi connectivity index (χ1n) is 9.15. The van der Waals surface area contributed by atoms with Gasteiger partial charge in [-0.15, -0.1) is 39.9 Å². The zero-order valence-electron chi connectivity index (χ0n) is 16.6. The number of aliphatic hydroxyl groups is 1. The van der Waals surface area contributed by atoms with Crippen LogP contribution in [0.1, 0.15) is 19.4 Å². The number of aliphatic hydroxyl groups excluding tert-OH is 1. The maximum Gasteiger partial charge on any atom is 0.155 e. The van der Waals surface area contributed by atoms with Crippen LogP contribution in [0.2, 0.25) is 0 Å². The summed E-state index contributed by atoms with van der Waals surface area (Å²) in [5, 5.41) is 13.3. The van der Waals surface area contributed by atoms with Crippen molar-refractivity contribution >= 4 is 27.3 Å². The van der Waals surface area contributed by atoms with Gasteiger partial charge in [0.2, 0.25) is 0 Å². The van der Waals surface area contributed by atoms with E-state index in [0.29, 0.717) is 0 Å². The molecule has 149 valence electrons. The van der Waals surface area contributed by atoms with Crippen LogP contribution in [0, 0.1) is 19.1 Å². The first-order chi connectivity index (χ1) is 13.5. The average Bonchev–Trinajstić information content (AvgIpc) is 2.67. The van der Waals surface area contributed by atoms with E-state index in [1.54, 1.807) is 0 Å². The summed E-state index contributed by atoms with van der Waals surface area (Å²) in [5.41, 5.74) is 3.52. The van der Waals surface area contributed by atoms with E-state index < -0.39 is 0 Å². The molecule has 4 rings (SSSR count). The molecular weight excluding hydrogens is 537 g/mol. The number of carbonyl (C=O) groups excluding carboxylic acids is 1. The Kier molecular flexibility index (Phi) is 7.90. The fraction of sp³-hybridized carbons (Fsp3) is 0.115. The Hall–Kier alpha value is -2.74. The average molecular weight is 559 g/mol. The van der Waals surface area contributed by atoms with Crippen molar-refractivity contribution in [2.75, 3.05) is 0 Å². The number of hydrogen-bond acceptors (Lipinski definition) is 2. The number of rotatable bonds is 2. The van der Waals surface area contributed by atoms with Crippen LogP contribution >= 0.6 is 0 Å². The summed E-state index contributed by atoms with van der Waals surface area (Å²) in [5.74, 6) is -0.0625. The van der Waals surface area contributed by atoms with E-state index in [1.165, 1.54) is 41.6 Å². The van der Waals surface area contributed by atoms with Gasteiger partial charge in [0.1, 0.15) is 0 Å². The van der Waals surface area contributed by atoms with E-state index in [1.807, 2.05) is 6.07 Å². The largest absolute Gasteiger partial charge is 0.512 e. The Morgan fingerprint density at radius 1 is 0.966 bits per heavy atom. The summed E-state index contributed by atoms with van der Waals surface area (Å²) < 4.78 is 0. The zero-order valence-corrected chi connectivity index (χ0v) is 19.0. The maximum absolute atomic E-state index is 10.0. The molecule has 0 amide bonds. The molecule has 0 fully saturated rings. The molecule has 0 atom stereocenters. The van der Waals surface area contributed by atoms with E-state index in [2.05, 4.69) is 79.7 Å². The number of aryl methyl sites for hydroxylation is 1. The summed E-state index contributed by atoms with van der Waals surface area (Å²) in [4.78, 5) is 10.0. The van der Waals surface area contributed by atoms with Gasteiger partial charge in [-0.3, -0.25) is 4.79 Å². The van der Waals surface area contributed by atoms with Crippen molar-refractivity contribution in [2.45, 2.75) is 20.8 Å². The second-order valence-corrected chi connectivity index (χ2v) is 6.75. The predicted octanol–water partition coefficient (Wildman–Crippen LogP) is 6.60. The number of benzene rings is 4. The Morgan fingerprint density at radius 2 is 1.62 bits per heavy atom. The van der Waals surface area contributed by atoms with Crippen molar-refractivity contribution in [1.82, 2.24) is 0 Å². The van der Waals surface area contributed by atoms with Crippen molar-refractivity contribution in [1.29, 1.82) is 0 Å². The molecule has 0 aliphatic rings. The van der Waals surface area contributed by atoms with Crippen LogP contribution in [-0.2, 0) is 24.9 Å². The topological polar surface area (TPSA) is 37.3 Å². The SMILES string of the molecule is CC(=O)/C=C(/C)O.Cc1cc(-c2[c-]ccc3ccccc23)[c-]c2ccccc12.[Ir]. The van der Waals surface area contributed by atoms with Gasteiger partial charge in [0.15, 0.2) is 5.78 Å². The molecule has 0 aromatic heterocycles. The molecule has 0 saturated heterocycles. The third-order valence-corrected chi connectivity index (χ3v) is 4.38. The van der Waals surface area contributed by atoms with E-state index >= 15 is 0 Å². The van der Waals surface area contributed by atoms with E-state index in [9.17, 15) is 4.79 Å². The first kappa shape index (κ1) is 22.5. The molecule has 2 nitrogen and oxygen atoms in total. The summed E-state index contributed by atoms with van der Waals surface area (Å²) in [6, 6.07) is 30.1. The molecule has 3 heteroatoms. The fourth-order valence-electron chi connectivity index (χ4n) is 3.23. The number of ketones is 1. The quantitative estimate of drug-likeness (QED) is 0.171. The Bertz CT molecular complexity index is 1170. The zero-order chi connectivity index (χ0) is 20.1. The maximum atomic E-state index is 10.0. The van der Waals surface area contributed by atoms with Crippen LogP contribution in [-0.4, -0.2) is 10.9 Å². The summed E-state index contributed by atoms with van der Waals surface area (Å²) >= 11 is 0. The van der Waals surface area contributed by atoms with Gasteiger partial charge >= 0.3 is 0 Å². The van der Waals surface area contributed by atoms with Crippen LogP contribution in [0.4, 0.5) is 0 Å². The summed E-state index contributed by atoms with van der Waals surface area (Å²) in [6.07, 6.45) is 1.17. The number of allylic oxidation sites excluding steroid dienone is 2. The fourth-order valence-corrected chi connectivity index (χ4v) is 3.23. The van der Waals surface area contributed by atoms with Gasteiger partial charge in [0.25, 0.3) is 0 Å². The molecule has 0 saturated carbocycles. The molecule has 4 aromatic rings. The number of hydrogen-bond donors (Lipinski definition) is 1. The van der Waals surface area contributed by atoms with Crippen LogP contribution in [0.3, 0.4) is 0 Å². The van der Waals surface area contributed by atoms with Crippen molar-refractivity contribution in [2.24, 2.45) is 0 Å². The van der Waals surface area contributed by atoms with Gasteiger partial charge in [-0.1, -0.05) is 48.7 Å². The predicted molar refractivity (Wildman–Crippen MR) is 116 cm³/mol. The number of carbonyl (C=O) groups is 1. The molecule has 1 N–H and O–H groups in total. The molecule has 0 spiro atoms. The molecule has 0 aliphatic carbocycles. The van der Waals surface area contributed by atoms with Gasteiger partial charge < -0.3 is 5.11 Å². The molecule has 0 heterocycles. The van der Waals surface area contributed by atoms with Crippen molar-refractivity contribution in [3.63, 3.8) is 0 Å². The standard InChI is InChI=1S/C21H14.C5H8O2.Ir/c1-15-13-18(14-17-8-3-4-10-19(15)17)21-12-6-9-16-7-2-5-11-20(16)21;1-4(6)3-5(2)7;/h2-11,13H,1H3;3,6H,1-2H3;/q-2;;/b;4-3-;. The third kappa shape index (κ3) is 5.63.